The van der Waals surface area contributed by atoms with E-state index in [0.717, 1.165) is 26.1 Å². The molecular weight excluding hydrogens is 246 g/mol. The van der Waals surface area contributed by atoms with E-state index >= 15 is 0 Å². The van der Waals surface area contributed by atoms with Gasteiger partial charge in [-0.05, 0) is 35.8 Å². The Hall–Kier alpha value is -0.570. The monoisotopic (exact) mass is 269 g/mol. The smallest absolute Gasteiger partial charge is 0.0469 e. The van der Waals surface area contributed by atoms with Gasteiger partial charge < -0.3 is 10.5 Å². The lowest BCUT2D eigenvalue weighted by Crippen LogP contribution is -2.27. The summed E-state index contributed by atoms with van der Waals surface area (Å²) in [6.45, 7) is 6.16. The fourth-order valence-corrected chi connectivity index (χ4v) is 2.45. The van der Waals surface area contributed by atoms with E-state index in [1.165, 1.54) is 11.1 Å². The number of hydrogen-bond donors (Lipinski definition) is 1. The summed E-state index contributed by atoms with van der Waals surface area (Å²) < 4.78 is 5.38. The van der Waals surface area contributed by atoms with E-state index in [2.05, 4.69) is 38.1 Å². The number of halogens is 1. The standard InChI is InChI=1S/C15H23NO.ClH/c1-11(2)12-3-5-13(6-4-12)15(16)14-7-9-17-10-8-14;/h3-6,11,14-15H,7-10,16H2,1-2H3;1H/t15-;/m1./s1. The molecule has 18 heavy (non-hydrogen) atoms. The highest BCUT2D eigenvalue weighted by Gasteiger charge is 2.22. The van der Waals surface area contributed by atoms with Gasteiger partial charge in [0.05, 0.1) is 0 Å². The number of hydrogen-bond acceptors (Lipinski definition) is 2. The summed E-state index contributed by atoms with van der Waals surface area (Å²) in [7, 11) is 0. The van der Waals surface area contributed by atoms with Crippen molar-refractivity contribution < 1.29 is 4.74 Å². The summed E-state index contributed by atoms with van der Waals surface area (Å²) >= 11 is 0. The second-order valence-corrected chi connectivity index (χ2v) is 5.30. The van der Waals surface area contributed by atoms with Crippen LogP contribution in [0.4, 0.5) is 0 Å². The lowest BCUT2D eigenvalue weighted by Gasteiger charge is -2.28. The first-order valence-corrected chi connectivity index (χ1v) is 6.61. The van der Waals surface area contributed by atoms with Crippen molar-refractivity contribution in [3.05, 3.63) is 35.4 Å². The van der Waals surface area contributed by atoms with Gasteiger partial charge in [-0.1, -0.05) is 38.1 Å². The zero-order valence-electron chi connectivity index (χ0n) is 11.3. The van der Waals surface area contributed by atoms with Crippen molar-refractivity contribution in [2.24, 2.45) is 11.7 Å². The minimum absolute atomic E-state index is 0. The van der Waals surface area contributed by atoms with Crippen LogP contribution < -0.4 is 5.73 Å². The average Bonchev–Trinajstić information content (AvgIpc) is 2.39. The second-order valence-electron chi connectivity index (χ2n) is 5.30. The highest BCUT2D eigenvalue weighted by Crippen LogP contribution is 2.28. The molecule has 0 unspecified atom stereocenters. The Bertz CT molecular complexity index is 344. The van der Waals surface area contributed by atoms with E-state index in [0.29, 0.717) is 11.8 Å². The van der Waals surface area contributed by atoms with Crippen LogP contribution >= 0.6 is 12.4 Å². The highest BCUT2D eigenvalue weighted by molar-refractivity contribution is 5.85. The molecule has 102 valence electrons. The predicted octanol–water partition coefficient (Wildman–Crippen LogP) is 3.66. The molecule has 0 aromatic heterocycles. The van der Waals surface area contributed by atoms with Crippen molar-refractivity contribution >= 4 is 12.4 Å². The van der Waals surface area contributed by atoms with Crippen LogP contribution in [0.2, 0.25) is 0 Å². The Kier molecular flexibility index (Phi) is 6.13. The summed E-state index contributed by atoms with van der Waals surface area (Å²) in [5.41, 5.74) is 8.99. The maximum atomic E-state index is 6.34. The molecule has 1 aromatic rings. The maximum Gasteiger partial charge on any atom is 0.0469 e. The van der Waals surface area contributed by atoms with Crippen LogP contribution in [0.1, 0.15) is 49.8 Å². The van der Waals surface area contributed by atoms with E-state index in [1.54, 1.807) is 0 Å². The first-order chi connectivity index (χ1) is 8.18. The van der Waals surface area contributed by atoms with E-state index in [4.69, 9.17) is 10.5 Å². The summed E-state index contributed by atoms with van der Waals surface area (Å²) in [6, 6.07) is 8.96. The third-order valence-corrected chi connectivity index (χ3v) is 3.76. The van der Waals surface area contributed by atoms with Crippen molar-refractivity contribution in [1.29, 1.82) is 0 Å². The molecule has 2 rings (SSSR count). The molecule has 2 N–H and O–H groups in total. The zero-order valence-corrected chi connectivity index (χ0v) is 12.1. The predicted molar refractivity (Wildman–Crippen MR) is 78.3 cm³/mol. The molecule has 1 fully saturated rings. The van der Waals surface area contributed by atoms with Gasteiger partial charge in [-0.25, -0.2) is 0 Å². The third-order valence-electron chi connectivity index (χ3n) is 3.76. The maximum absolute atomic E-state index is 6.34. The van der Waals surface area contributed by atoms with Gasteiger partial charge in [0.15, 0.2) is 0 Å². The average molecular weight is 270 g/mol. The summed E-state index contributed by atoms with van der Waals surface area (Å²) in [5.74, 6) is 1.16. The van der Waals surface area contributed by atoms with E-state index < -0.39 is 0 Å². The molecule has 0 bridgehead atoms. The lowest BCUT2D eigenvalue weighted by molar-refractivity contribution is 0.0584. The molecule has 0 spiro atoms. The van der Waals surface area contributed by atoms with E-state index in [9.17, 15) is 0 Å². The summed E-state index contributed by atoms with van der Waals surface area (Å²) in [4.78, 5) is 0. The molecule has 0 saturated carbocycles. The molecule has 1 atom stereocenters. The van der Waals surface area contributed by atoms with Crippen molar-refractivity contribution in [3.8, 4) is 0 Å². The zero-order chi connectivity index (χ0) is 12.3. The van der Waals surface area contributed by atoms with Gasteiger partial charge in [-0.15, -0.1) is 12.4 Å². The van der Waals surface area contributed by atoms with Crippen molar-refractivity contribution in [1.82, 2.24) is 0 Å². The first-order valence-electron chi connectivity index (χ1n) is 6.61. The Balaban J connectivity index is 0.00000162. The molecule has 1 heterocycles. The van der Waals surface area contributed by atoms with Gasteiger partial charge in [-0.2, -0.15) is 0 Å². The largest absolute Gasteiger partial charge is 0.381 e. The van der Waals surface area contributed by atoms with Gasteiger partial charge in [0, 0.05) is 19.3 Å². The molecular formula is C15H24ClNO. The van der Waals surface area contributed by atoms with Crippen LogP contribution in [0.15, 0.2) is 24.3 Å². The Morgan fingerprint density at radius 2 is 1.56 bits per heavy atom. The molecule has 3 heteroatoms. The molecule has 1 aliphatic heterocycles. The molecule has 1 aliphatic rings. The number of rotatable bonds is 3. The minimum atomic E-state index is 0. The molecule has 0 amide bonds. The first kappa shape index (κ1) is 15.5. The number of nitrogens with two attached hydrogens (primary N) is 1. The molecule has 0 aliphatic carbocycles. The third kappa shape index (κ3) is 3.71. The van der Waals surface area contributed by atoms with Crippen LogP contribution in [0, 0.1) is 5.92 Å². The SMILES string of the molecule is CC(C)c1ccc([C@@H](N)C2CCOCC2)cc1.Cl. The topological polar surface area (TPSA) is 35.2 Å². The molecule has 1 saturated heterocycles. The number of benzene rings is 1. The fourth-order valence-electron chi connectivity index (χ4n) is 2.45. The van der Waals surface area contributed by atoms with E-state index in [-0.39, 0.29) is 18.4 Å². The van der Waals surface area contributed by atoms with Crippen molar-refractivity contribution in [2.45, 2.75) is 38.6 Å². The van der Waals surface area contributed by atoms with Crippen LogP contribution in [0.3, 0.4) is 0 Å². The quantitative estimate of drug-likeness (QED) is 0.909. The highest BCUT2D eigenvalue weighted by atomic mass is 35.5. The molecule has 1 aromatic carbocycles. The molecule has 0 radical (unpaired) electrons. The molecule has 2 nitrogen and oxygen atoms in total. The Morgan fingerprint density at radius 1 is 1.06 bits per heavy atom. The minimum Gasteiger partial charge on any atom is -0.381 e. The van der Waals surface area contributed by atoms with Crippen LogP contribution in [-0.2, 0) is 4.74 Å². The number of ether oxygens (including phenoxy) is 1. The van der Waals surface area contributed by atoms with Gasteiger partial charge in [0.25, 0.3) is 0 Å². The van der Waals surface area contributed by atoms with Gasteiger partial charge in [0.1, 0.15) is 0 Å². The lowest BCUT2D eigenvalue weighted by atomic mass is 9.87. The fraction of sp³-hybridized carbons (Fsp3) is 0.600. The summed E-state index contributed by atoms with van der Waals surface area (Å²) in [6.07, 6.45) is 2.18. The van der Waals surface area contributed by atoms with Crippen molar-refractivity contribution in [3.63, 3.8) is 0 Å². The van der Waals surface area contributed by atoms with Crippen LogP contribution in [0.5, 0.6) is 0 Å². The van der Waals surface area contributed by atoms with Crippen LogP contribution in [0.25, 0.3) is 0 Å². The van der Waals surface area contributed by atoms with Gasteiger partial charge >= 0.3 is 0 Å². The second kappa shape index (κ2) is 7.13. The van der Waals surface area contributed by atoms with Crippen LogP contribution in [-0.4, -0.2) is 13.2 Å². The van der Waals surface area contributed by atoms with Gasteiger partial charge in [-0.3, -0.25) is 0 Å². The van der Waals surface area contributed by atoms with Crippen molar-refractivity contribution in [2.75, 3.05) is 13.2 Å². The Morgan fingerprint density at radius 3 is 2.06 bits per heavy atom. The summed E-state index contributed by atoms with van der Waals surface area (Å²) in [5, 5.41) is 0. The normalized spacial score (nSPS) is 18.4. The van der Waals surface area contributed by atoms with Gasteiger partial charge in [0.2, 0.25) is 0 Å². The Labute approximate surface area is 116 Å². The van der Waals surface area contributed by atoms with E-state index in [1.807, 2.05) is 0 Å².